The van der Waals surface area contributed by atoms with Crippen molar-refractivity contribution in [2.24, 2.45) is 0 Å². The Bertz CT molecular complexity index is 965. The number of aromatic nitrogens is 2. The van der Waals surface area contributed by atoms with E-state index in [1.54, 1.807) is 24.4 Å². The van der Waals surface area contributed by atoms with Crippen LogP contribution in [0.15, 0.2) is 48.7 Å². The fraction of sp³-hybridized carbons (Fsp3) is 0.238. The van der Waals surface area contributed by atoms with Crippen molar-refractivity contribution in [1.29, 1.82) is 0 Å². The van der Waals surface area contributed by atoms with E-state index >= 15 is 0 Å². The lowest BCUT2D eigenvalue weighted by Crippen LogP contribution is -2.14. The monoisotopic (exact) mass is 382 g/mol. The van der Waals surface area contributed by atoms with Crippen molar-refractivity contribution in [3.05, 3.63) is 60.0 Å². The maximum absolute atomic E-state index is 13.7. The number of aromatic hydroxyl groups is 1. The van der Waals surface area contributed by atoms with E-state index in [9.17, 15) is 9.50 Å². The van der Waals surface area contributed by atoms with Crippen molar-refractivity contribution in [1.82, 2.24) is 9.97 Å². The molecule has 0 fully saturated rings. The van der Waals surface area contributed by atoms with Crippen molar-refractivity contribution in [3.8, 4) is 22.8 Å². The van der Waals surface area contributed by atoms with Gasteiger partial charge in [0.1, 0.15) is 5.82 Å². The van der Waals surface area contributed by atoms with Gasteiger partial charge in [0.05, 0.1) is 25.0 Å². The molecule has 0 amide bonds. The van der Waals surface area contributed by atoms with Gasteiger partial charge in [0, 0.05) is 5.56 Å². The van der Waals surface area contributed by atoms with E-state index < -0.39 is 0 Å². The third kappa shape index (κ3) is 4.31. The van der Waals surface area contributed by atoms with E-state index in [2.05, 4.69) is 22.2 Å². The van der Waals surface area contributed by atoms with Crippen molar-refractivity contribution in [3.63, 3.8) is 0 Å². The molecule has 0 spiro atoms. The van der Waals surface area contributed by atoms with E-state index in [1.165, 1.54) is 25.3 Å². The second-order valence-corrected chi connectivity index (χ2v) is 6.42. The van der Waals surface area contributed by atoms with Crippen LogP contribution in [0, 0.1) is 5.82 Å². The van der Waals surface area contributed by atoms with Crippen LogP contribution in [0.3, 0.4) is 0 Å². The van der Waals surface area contributed by atoms with Crippen LogP contribution >= 0.6 is 0 Å². The minimum Gasteiger partial charge on any atom is -0.504 e. The van der Waals surface area contributed by atoms with Gasteiger partial charge in [-0.1, -0.05) is 25.5 Å². The summed E-state index contributed by atoms with van der Waals surface area (Å²) in [5, 5.41) is 13.1. The fourth-order valence-corrected chi connectivity index (χ4v) is 2.98. The molecular formula is C21H23FN4O2. The smallest absolute Gasteiger partial charge is 0.170 e. The molecule has 2 aromatic carbocycles. The van der Waals surface area contributed by atoms with Crippen molar-refractivity contribution in [2.45, 2.75) is 25.8 Å². The summed E-state index contributed by atoms with van der Waals surface area (Å²) in [7, 11) is 1.48. The van der Waals surface area contributed by atoms with Gasteiger partial charge in [-0.3, -0.25) is 0 Å². The summed E-state index contributed by atoms with van der Waals surface area (Å²) in [5.74, 6) is 0.778. The molecule has 0 saturated carbocycles. The molecule has 1 atom stereocenters. The summed E-state index contributed by atoms with van der Waals surface area (Å²) in [6.45, 7) is 2.06. The highest BCUT2D eigenvalue weighted by atomic mass is 19.1. The standard InChI is InChI=1S/C21H23FN4O2/c1-3-5-16(13-6-4-7-15(22)10-13)25-21-20(23)24-12-17(26-21)14-8-9-18(27)19(11-14)28-2/h4,6-12,16,27H,3,5H2,1-2H3,(H2,23,24)(H,25,26). The second kappa shape index (κ2) is 8.56. The first kappa shape index (κ1) is 19.4. The number of phenolic OH excluding ortho intramolecular Hbond substituents is 1. The number of hydrogen-bond acceptors (Lipinski definition) is 6. The number of nitrogens with two attached hydrogens (primary N) is 1. The van der Waals surface area contributed by atoms with Gasteiger partial charge in [0.15, 0.2) is 23.1 Å². The van der Waals surface area contributed by atoms with Crippen molar-refractivity contribution >= 4 is 11.6 Å². The third-order valence-electron chi connectivity index (χ3n) is 4.42. The number of nitrogens with one attached hydrogen (secondary N) is 1. The van der Waals surface area contributed by atoms with Crippen LogP contribution in [-0.4, -0.2) is 22.2 Å². The summed E-state index contributed by atoms with van der Waals surface area (Å²) >= 11 is 0. The molecule has 3 aromatic rings. The topological polar surface area (TPSA) is 93.3 Å². The fourth-order valence-electron chi connectivity index (χ4n) is 2.98. The zero-order chi connectivity index (χ0) is 20.1. The van der Waals surface area contributed by atoms with Crippen LogP contribution in [0.4, 0.5) is 16.0 Å². The predicted molar refractivity (Wildman–Crippen MR) is 108 cm³/mol. The van der Waals surface area contributed by atoms with Crippen molar-refractivity contribution in [2.75, 3.05) is 18.2 Å². The number of nitrogens with zero attached hydrogens (tertiary/aromatic N) is 2. The average Bonchev–Trinajstić information content (AvgIpc) is 2.69. The Morgan fingerprint density at radius 1 is 1.25 bits per heavy atom. The molecule has 0 radical (unpaired) electrons. The molecule has 1 unspecified atom stereocenters. The van der Waals surface area contributed by atoms with E-state index in [0.717, 1.165) is 24.0 Å². The quantitative estimate of drug-likeness (QED) is 0.556. The molecule has 4 N–H and O–H groups in total. The molecule has 6 nitrogen and oxygen atoms in total. The molecule has 0 saturated heterocycles. The summed E-state index contributed by atoms with van der Waals surface area (Å²) in [4.78, 5) is 8.82. The Kier molecular flexibility index (Phi) is 5.93. The van der Waals surface area contributed by atoms with Gasteiger partial charge in [-0.15, -0.1) is 0 Å². The number of phenols is 1. The number of anilines is 2. The van der Waals surface area contributed by atoms with E-state index in [-0.39, 0.29) is 23.4 Å². The molecule has 1 heterocycles. The highest BCUT2D eigenvalue weighted by molar-refractivity contribution is 5.68. The predicted octanol–water partition coefficient (Wildman–Crippen LogP) is 4.53. The third-order valence-corrected chi connectivity index (χ3v) is 4.42. The second-order valence-electron chi connectivity index (χ2n) is 6.42. The first-order chi connectivity index (χ1) is 13.5. The lowest BCUT2D eigenvalue weighted by molar-refractivity contribution is 0.373. The maximum Gasteiger partial charge on any atom is 0.170 e. The maximum atomic E-state index is 13.7. The lowest BCUT2D eigenvalue weighted by atomic mass is 10.0. The van der Waals surface area contributed by atoms with Gasteiger partial charge in [0.2, 0.25) is 0 Å². The molecule has 7 heteroatoms. The lowest BCUT2D eigenvalue weighted by Gasteiger charge is -2.20. The molecular weight excluding hydrogens is 359 g/mol. The zero-order valence-electron chi connectivity index (χ0n) is 15.8. The Morgan fingerprint density at radius 3 is 2.79 bits per heavy atom. The Balaban J connectivity index is 1.94. The minimum absolute atomic E-state index is 0.0436. The van der Waals surface area contributed by atoms with Gasteiger partial charge in [0.25, 0.3) is 0 Å². The molecule has 0 aliphatic heterocycles. The van der Waals surface area contributed by atoms with Crippen LogP contribution < -0.4 is 15.8 Å². The first-order valence-electron chi connectivity index (χ1n) is 9.03. The molecule has 0 aliphatic rings. The molecule has 146 valence electrons. The van der Waals surface area contributed by atoms with Crippen LogP contribution in [0.25, 0.3) is 11.3 Å². The van der Waals surface area contributed by atoms with Gasteiger partial charge in [-0.25, -0.2) is 14.4 Å². The number of ether oxygens (including phenoxy) is 1. The van der Waals surface area contributed by atoms with Crippen molar-refractivity contribution < 1.29 is 14.2 Å². The SMILES string of the molecule is CCCC(Nc1nc(-c2ccc(O)c(OC)c2)cnc1N)c1cccc(F)c1. The van der Waals surface area contributed by atoms with Crippen LogP contribution in [-0.2, 0) is 0 Å². The van der Waals surface area contributed by atoms with Crippen LogP contribution in [0.2, 0.25) is 0 Å². The number of nitrogen functional groups attached to an aromatic ring is 1. The zero-order valence-corrected chi connectivity index (χ0v) is 15.8. The summed E-state index contributed by atoms with van der Waals surface area (Å²) in [6, 6.07) is 11.3. The summed E-state index contributed by atoms with van der Waals surface area (Å²) in [5.41, 5.74) is 8.14. The number of halogens is 1. The molecule has 0 aliphatic carbocycles. The van der Waals surface area contributed by atoms with Crippen LogP contribution in [0.1, 0.15) is 31.4 Å². The van der Waals surface area contributed by atoms with E-state index in [1.807, 2.05) is 6.07 Å². The van der Waals surface area contributed by atoms with Gasteiger partial charge in [-0.05, 0) is 42.3 Å². The Morgan fingerprint density at radius 2 is 2.07 bits per heavy atom. The van der Waals surface area contributed by atoms with E-state index in [4.69, 9.17) is 10.5 Å². The highest BCUT2D eigenvalue weighted by Crippen LogP contribution is 2.32. The average molecular weight is 382 g/mol. The molecule has 28 heavy (non-hydrogen) atoms. The summed E-state index contributed by atoms with van der Waals surface area (Å²) < 4.78 is 18.8. The van der Waals surface area contributed by atoms with Gasteiger partial charge < -0.3 is 20.9 Å². The normalized spacial score (nSPS) is 11.8. The first-order valence-corrected chi connectivity index (χ1v) is 9.03. The number of hydrogen-bond donors (Lipinski definition) is 3. The summed E-state index contributed by atoms with van der Waals surface area (Å²) in [6.07, 6.45) is 3.24. The molecule has 3 rings (SSSR count). The Labute approximate surface area is 163 Å². The number of methoxy groups -OCH3 is 1. The van der Waals surface area contributed by atoms with E-state index in [0.29, 0.717) is 17.3 Å². The van der Waals surface area contributed by atoms with Crippen LogP contribution in [0.5, 0.6) is 11.5 Å². The molecule has 0 bridgehead atoms. The highest BCUT2D eigenvalue weighted by Gasteiger charge is 2.16. The number of rotatable bonds is 7. The minimum atomic E-state index is -0.288. The molecule has 1 aromatic heterocycles. The van der Waals surface area contributed by atoms with Gasteiger partial charge in [-0.2, -0.15) is 0 Å². The number of benzene rings is 2. The Hall–Kier alpha value is -3.35. The van der Waals surface area contributed by atoms with Gasteiger partial charge >= 0.3 is 0 Å². The largest absolute Gasteiger partial charge is 0.504 e.